The van der Waals surface area contributed by atoms with Crippen molar-refractivity contribution in [3.05, 3.63) is 76.2 Å². The average Bonchev–Trinajstić information content (AvgIpc) is 3.30. The molecule has 0 radical (unpaired) electrons. The molecule has 4 rings (SSSR count). The normalized spacial score (nSPS) is 10.8. The number of aromatic nitrogens is 2. The number of para-hydroxylation sites is 1. The summed E-state index contributed by atoms with van der Waals surface area (Å²) in [5.74, 6) is 7.78. The Hall–Kier alpha value is -3.93. The Labute approximate surface area is 215 Å². The molecule has 2 aromatic heterocycles. The highest BCUT2D eigenvalue weighted by Gasteiger charge is 2.09. The van der Waals surface area contributed by atoms with E-state index < -0.39 is 0 Å². The summed E-state index contributed by atoms with van der Waals surface area (Å²) in [5, 5.41) is 9.52. The van der Waals surface area contributed by atoms with Crippen LogP contribution in [0.5, 0.6) is 0 Å². The molecule has 0 bridgehead atoms. The summed E-state index contributed by atoms with van der Waals surface area (Å²) in [4.78, 5) is 24.0. The summed E-state index contributed by atoms with van der Waals surface area (Å²) in [6, 6.07) is 15.4. The van der Waals surface area contributed by atoms with Gasteiger partial charge in [-0.25, -0.2) is 9.97 Å². The van der Waals surface area contributed by atoms with E-state index in [0.717, 1.165) is 47.2 Å². The molecule has 0 unspecified atom stereocenters. The lowest BCUT2D eigenvalue weighted by Gasteiger charge is -2.18. The number of nitrogen functional groups attached to an aromatic ring is 1. The van der Waals surface area contributed by atoms with Gasteiger partial charge in [0.1, 0.15) is 11.6 Å². The minimum atomic E-state index is -0.0893. The van der Waals surface area contributed by atoms with Gasteiger partial charge in [-0.3, -0.25) is 4.79 Å². The van der Waals surface area contributed by atoms with E-state index >= 15 is 0 Å². The fraction of sp³-hybridized carbons (Fsp3) is 0.250. The highest BCUT2D eigenvalue weighted by Crippen LogP contribution is 2.24. The fourth-order valence-electron chi connectivity index (χ4n) is 3.82. The number of rotatable bonds is 8. The van der Waals surface area contributed by atoms with Gasteiger partial charge >= 0.3 is 0 Å². The van der Waals surface area contributed by atoms with Crippen LogP contribution in [0.1, 0.15) is 40.9 Å². The molecule has 0 spiro atoms. The van der Waals surface area contributed by atoms with Gasteiger partial charge in [-0.15, -0.1) is 11.3 Å². The number of nitrogens with two attached hydrogens (primary N) is 1. The van der Waals surface area contributed by atoms with Crippen LogP contribution in [0.4, 0.5) is 16.8 Å². The van der Waals surface area contributed by atoms with Gasteiger partial charge < -0.3 is 21.3 Å². The molecule has 0 aliphatic rings. The highest BCUT2D eigenvalue weighted by atomic mass is 32.1. The quantitative estimate of drug-likeness (QED) is 0.302. The summed E-state index contributed by atoms with van der Waals surface area (Å²) in [5.41, 5.74) is 9.85. The molecule has 4 aromatic rings. The third-order valence-electron chi connectivity index (χ3n) is 5.93. The summed E-state index contributed by atoms with van der Waals surface area (Å²) >= 11 is 1.37. The molecule has 8 heteroatoms. The SMILES string of the molecule is CCN(CC)CCNC(=O)c1ccc(C)c(C#Cc2cc(Nc3csc(N)n3)nc3ccccc23)c1. The number of nitrogens with one attached hydrogen (secondary N) is 2. The van der Waals surface area contributed by atoms with Crippen molar-refractivity contribution in [3.63, 3.8) is 0 Å². The van der Waals surface area contributed by atoms with Crippen LogP contribution in [-0.2, 0) is 0 Å². The summed E-state index contributed by atoms with van der Waals surface area (Å²) in [7, 11) is 0. The van der Waals surface area contributed by atoms with E-state index in [2.05, 4.69) is 46.2 Å². The van der Waals surface area contributed by atoms with Crippen LogP contribution < -0.4 is 16.4 Å². The number of fused-ring (bicyclic) bond motifs is 1. The van der Waals surface area contributed by atoms with Gasteiger partial charge in [0.25, 0.3) is 5.91 Å². The van der Waals surface area contributed by atoms with E-state index in [1.807, 2.05) is 60.8 Å². The first kappa shape index (κ1) is 25.2. The third-order valence-corrected chi connectivity index (χ3v) is 6.61. The molecule has 7 nitrogen and oxygen atoms in total. The maximum Gasteiger partial charge on any atom is 0.251 e. The number of carbonyl (C=O) groups excluding carboxylic acids is 1. The lowest BCUT2D eigenvalue weighted by molar-refractivity contribution is 0.0949. The van der Waals surface area contributed by atoms with Gasteiger partial charge in [-0.1, -0.05) is 50.0 Å². The monoisotopic (exact) mass is 498 g/mol. The van der Waals surface area contributed by atoms with Gasteiger partial charge in [0, 0.05) is 40.5 Å². The van der Waals surface area contributed by atoms with Crippen LogP contribution in [0, 0.1) is 18.8 Å². The maximum atomic E-state index is 12.7. The Kier molecular flexibility index (Phi) is 8.16. The molecular formula is C28H30N6OS. The van der Waals surface area contributed by atoms with Gasteiger partial charge in [0.05, 0.1) is 5.52 Å². The van der Waals surface area contributed by atoms with Crippen LogP contribution in [0.2, 0.25) is 0 Å². The van der Waals surface area contributed by atoms with E-state index in [1.54, 1.807) is 0 Å². The second-order valence-electron chi connectivity index (χ2n) is 8.33. The molecule has 1 amide bonds. The number of hydrogen-bond acceptors (Lipinski definition) is 7. The number of anilines is 3. The Bertz CT molecular complexity index is 1430. The number of hydrogen-bond donors (Lipinski definition) is 3. The van der Waals surface area contributed by atoms with E-state index in [-0.39, 0.29) is 5.91 Å². The van der Waals surface area contributed by atoms with E-state index in [0.29, 0.717) is 28.9 Å². The number of nitrogens with zero attached hydrogens (tertiary/aromatic N) is 3. The first-order valence-corrected chi connectivity index (χ1v) is 12.9. The molecule has 2 aromatic carbocycles. The molecule has 0 atom stereocenters. The van der Waals surface area contributed by atoms with Crippen molar-refractivity contribution in [1.82, 2.24) is 20.2 Å². The predicted octanol–water partition coefficient (Wildman–Crippen LogP) is 4.80. The number of aryl methyl sites for hydroxylation is 1. The van der Waals surface area contributed by atoms with E-state index in [1.165, 1.54) is 11.3 Å². The number of benzene rings is 2. The second kappa shape index (κ2) is 11.7. The number of pyridine rings is 1. The standard InChI is InChI=1S/C28H30N6OS/c1-4-34(5-2)15-14-30-27(35)22-11-10-19(3)20(16-22)12-13-21-17-25(32-26-18-36-28(29)33-26)31-24-9-7-6-8-23(21)24/h6-11,16-18H,4-5,14-15H2,1-3H3,(H2,29,33)(H,30,35)(H,31,32). The van der Waals surface area contributed by atoms with E-state index in [9.17, 15) is 4.79 Å². The number of thiazole rings is 1. The second-order valence-corrected chi connectivity index (χ2v) is 9.22. The van der Waals surface area contributed by atoms with Crippen molar-refractivity contribution in [2.45, 2.75) is 20.8 Å². The number of amides is 1. The smallest absolute Gasteiger partial charge is 0.251 e. The van der Waals surface area contributed by atoms with Crippen molar-refractivity contribution in [3.8, 4) is 11.8 Å². The average molecular weight is 499 g/mol. The van der Waals surface area contributed by atoms with Gasteiger partial charge in [0.15, 0.2) is 5.13 Å². The molecule has 4 N–H and O–H groups in total. The molecular weight excluding hydrogens is 468 g/mol. The predicted molar refractivity (Wildman–Crippen MR) is 149 cm³/mol. The molecule has 0 saturated carbocycles. The Morgan fingerprint density at radius 3 is 2.56 bits per heavy atom. The first-order valence-electron chi connectivity index (χ1n) is 12.0. The summed E-state index contributed by atoms with van der Waals surface area (Å²) in [6.07, 6.45) is 0. The van der Waals surface area contributed by atoms with Gasteiger partial charge in [0.2, 0.25) is 0 Å². The molecule has 0 aliphatic carbocycles. The van der Waals surface area contributed by atoms with Crippen LogP contribution >= 0.6 is 11.3 Å². The van der Waals surface area contributed by atoms with Gasteiger partial charge in [-0.05, 0) is 49.8 Å². The lowest BCUT2D eigenvalue weighted by Crippen LogP contribution is -2.34. The molecule has 184 valence electrons. The Morgan fingerprint density at radius 1 is 1.03 bits per heavy atom. The van der Waals surface area contributed by atoms with Crippen LogP contribution in [0.15, 0.2) is 53.9 Å². The lowest BCUT2D eigenvalue weighted by atomic mass is 10.0. The molecule has 0 fully saturated rings. The Morgan fingerprint density at radius 2 is 1.81 bits per heavy atom. The summed E-state index contributed by atoms with van der Waals surface area (Å²) < 4.78 is 0. The fourth-order valence-corrected chi connectivity index (χ4v) is 4.32. The molecule has 0 aliphatic heterocycles. The zero-order chi connectivity index (χ0) is 25.5. The molecule has 36 heavy (non-hydrogen) atoms. The third kappa shape index (κ3) is 6.19. The molecule has 2 heterocycles. The zero-order valence-electron chi connectivity index (χ0n) is 20.8. The van der Waals surface area contributed by atoms with E-state index in [4.69, 9.17) is 10.7 Å². The summed E-state index contributed by atoms with van der Waals surface area (Å²) in [6.45, 7) is 9.61. The first-order chi connectivity index (χ1) is 17.5. The zero-order valence-corrected chi connectivity index (χ0v) is 21.6. The van der Waals surface area contributed by atoms with Crippen LogP contribution in [-0.4, -0.2) is 47.0 Å². The topological polar surface area (TPSA) is 96.2 Å². The highest BCUT2D eigenvalue weighted by molar-refractivity contribution is 7.13. The van der Waals surface area contributed by atoms with Crippen LogP contribution in [0.25, 0.3) is 10.9 Å². The molecule has 0 saturated heterocycles. The van der Waals surface area contributed by atoms with Gasteiger partial charge in [-0.2, -0.15) is 0 Å². The minimum absolute atomic E-state index is 0.0893. The van der Waals surface area contributed by atoms with Crippen molar-refractivity contribution in [2.75, 3.05) is 37.2 Å². The van der Waals surface area contributed by atoms with Crippen molar-refractivity contribution in [2.24, 2.45) is 0 Å². The number of carbonyl (C=O) groups is 1. The Balaban J connectivity index is 1.59. The van der Waals surface area contributed by atoms with Crippen molar-refractivity contribution >= 4 is 44.9 Å². The minimum Gasteiger partial charge on any atom is -0.375 e. The van der Waals surface area contributed by atoms with Crippen LogP contribution in [0.3, 0.4) is 0 Å². The maximum absolute atomic E-state index is 12.7. The van der Waals surface area contributed by atoms with Crippen molar-refractivity contribution in [1.29, 1.82) is 0 Å². The largest absolute Gasteiger partial charge is 0.375 e. The van der Waals surface area contributed by atoms with Crippen molar-refractivity contribution < 1.29 is 4.79 Å². The number of likely N-dealkylation sites (N-methyl/N-ethyl adjacent to an activating group) is 1.